The first kappa shape index (κ1) is 31.6. The van der Waals surface area contributed by atoms with E-state index < -0.39 is 26.7 Å². The van der Waals surface area contributed by atoms with E-state index in [9.17, 15) is 28.1 Å². The van der Waals surface area contributed by atoms with Crippen LogP contribution in [0, 0.1) is 0 Å². The van der Waals surface area contributed by atoms with Gasteiger partial charge in [0, 0.05) is 10.9 Å². The number of amides is 1. The summed E-state index contributed by atoms with van der Waals surface area (Å²) < 4.78 is 39.8. The fourth-order valence-electron chi connectivity index (χ4n) is 3.30. The van der Waals surface area contributed by atoms with Gasteiger partial charge in [0.25, 0.3) is 5.91 Å². The van der Waals surface area contributed by atoms with Crippen molar-refractivity contribution in [2.45, 2.75) is 9.79 Å². The largest absolute Gasteiger partial charge is 1.00 e. The summed E-state index contributed by atoms with van der Waals surface area (Å²) in [5, 5.41) is 35.6. The van der Waals surface area contributed by atoms with E-state index in [1.165, 1.54) is 18.2 Å². The van der Waals surface area contributed by atoms with Gasteiger partial charge in [-0.05, 0) is 47.9 Å². The number of hydrogen-bond donors (Lipinski definition) is 2. The van der Waals surface area contributed by atoms with Crippen molar-refractivity contribution >= 4 is 55.9 Å². The van der Waals surface area contributed by atoms with Gasteiger partial charge in [-0.15, -0.1) is 5.11 Å². The molecule has 0 unspecified atom stereocenters. The number of carbonyl (C=O) groups excluding carboxylic acids is 1. The first-order valence-corrected chi connectivity index (χ1v) is 12.2. The monoisotopic (exact) mass is 539 g/mol. The summed E-state index contributed by atoms with van der Waals surface area (Å²) in [7, 11) is -4.95. The van der Waals surface area contributed by atoms with Gasteiger partial charge in [0.15, 0.2) is 5.75 Å². The topological polar surface area (TPSA) is 173 Å². The minimum Gasteiger partial charge on any atom is -0.744 e. The third-order valence-electron chi connectivity index (χ3n) is 4.87. The summed E-state index contributed by atoms with van der Waals surface area (Å²) >= 11 is 0.378. The minimum absolute atomic E-state index is 0. The zero-order valence-corrected chi connectivity index (χ0v) is 21.7. The van der Waals surface area contributed by atoms with E-state index in [0.717, 1.165) is 12.1 Å². The van der Waals surface area contributed by atoms with E-state index in [1.807, 2.05) is 0 Å². The Kier molecular flexibility index (Phi) is 11.6. The van der Waals surface area contributed by atoms with Gasteiger partial charge in [0.2, 0.25) is 0 Å². The van der Waals surface area contributed by atoms with Crippen molar-refractivity contribution in [3.05, 3.63) is 84.4 Å². The Morgan fingerprint density at radius 3 is 2.18 bits per heavy atom. The summed E-state index contributed by atoms with van der Waals surface area (Å²) in [6.45, 7) is 0. The molecule has 0 heterocycles. The number of carbonyl (C=O) groups is 1. The van der Waals surface area contributed by atoms with Crippen LogP contribution in [0.15, 0.2) is 98.9 Å². The molecule has 0 spiro atoms. The molecule has 0 radical (unpaired) electrons. The third kappa shape index (κ3) is 7.47. The fourth-order valence-corrected chi connectivity index (χ4v) is 4.33. The standard InChI is InChI=1S/C23H17N3O8S2.2Li/c27-22-20-15(12-19(35-34-33-29)21(22)26-25-16-9-5-2-6-10-16)11-17(36(30,31)32)13-18(20)24-23(28)14-7-3-1-4-8-14;;/h1-13,27,29H,(H,24,28)(H,30,31,32);;/q;2*+1/p-2. The molecule has 2 N–H and O–H groups in total. The Labute approximate surface area is 245 Å². The van der Waals surface area contributed by atoms with Gasteiger partial charge in [-0.3, -0.25) is 9.83 Å². The minimum atomic E-state index is -4.95. The van der Waals surface area contributed by atoms with E-state index in [4.69, 9.17) is 0 Å². The average molecular weight is 539 g/mol. The van der Waals surface area contributed by atoms with Crippen LogP contribution in [0.2, 0.25) is 0 Å². The molecule has 11 nitrogen and oxygen atoms in total. The SMILES string of the molecule is O=C(Nc1cc(S(=O)(=O)[O-])cc2cc(SOO[O-])c(N=Nc3ccccc3)c(O)c12)c1ccccc1.[Li+].[Li+]. The van der Waals surface area contributed by atoms with Crippen LogP contribution in [0.1, 0.15) is 10.4 Å². The molecular formula is C23H15Li2N3O8S2. The summed E-state index contributed by atoms with van der Waals surface area (Å²) in [5.74, 6) is -1.15. The molecule has 0 fully saturated rings. The van der Waals surface area contributed by atoms with Crippen molar-refractivity contribution in [3.8, 4) is 5.75 Å². The first-order valence-electron chi connectivity index (χ1n) is 10.0. The number of nitrogens with one attached hydrogen (secondary N) is 1. The molecule has 38 heavy (non-hydrogen) atoms. The normalized spacial score (nSPS) is 11.1. The Hall–Kier alpha value is -2.66. The van der Waals surface area contributed by atoms with Crippen LogP contribution in [0.4, 0.5) is 17.1 Å². The molecule has 4 aromatic rings. The fraction of sp³-hybridized carbons (Fsp3) is 0. The molecule has 15 heteroatoms. The predicted molar refractivity (Wildman–Crippen MR) is 127 cm³/mol. The summed E-state index contributed by atoms with van der Waals surface area (Å²) in [6, 6.07) is 19.8. The maximum absolute atomic E-state index is 12.8. The van der Waals surface area contributed by atoms with Gasteiger partial charge in [-0.25, -0.2) is 8.42 Å². The predicted octanol–water partition coefficient (Wildman–Crippen LogP) is -1.64. The molecule has 0 saturated heterocycles. The van der Waals surface area contributed by atoms with Gasteiger partial charge in [0.1, 0.15) is 15.8 Å². The van der Waals surface area contributed by atoms with Crippen LogP contribution >= 0.6 is 12.0 Å². The van der Waals surface area contributed by atoms with Crippen LogP contribution in [-0.2, 0) is 19.5 Å². The second-order valence-electron chi connectivity index (χ2n) is 7.17. The van der Waals surface area contributed by atoms with Crippen LogP contribution in [-0.4, -0.2) is 24.0 Å². The summed E-state index contributed by atoms with van der Waals surface area (Å²) in [5.41, 5.74) is 0.361. The van der Waals surface area contributed by atoms with Crippen LogP contribution in [0.5, 0.6) is 5.75 Å². The number of nitrogens with zero attached hydrogens (tertiary/aromatic N) is 2. The number of aromatic hydroxyl groups is 1. The molecule has 0 aromatic heterocycles. The van der Waals surface area contributed by atoms with Gasteiger partial charge in [-0.1, -0.05) is 36.4 Å². The van der Waals surface area contributed by atoms with Crippen molar-refractivity contribution in [1.82, 2.24) is 0 Å². The number of azo groups is 1. The smallest absolute Gasteiger partial charge is 0.744 e. The van der Waals surface area contributed by atoms with Crippen molar-refractivity contribution in [3.63, 3.8) is 0 Å². The Bertz CT molecular complexity index is 1560. The molecule has 1 amide bonds. The summed E-state index contributed by atoms with van der Waals surface area (Å²) in [6.07, 6.45) is 0. The van der Waals surface area contributed by atoms with Gasteiger partial charge < -0.3 is 20.2 Å². The Balaban J connectivity index is 0.00000253. The van der Waals surface area contributed by atoms with Crippen molar-refractivity contribution in [1.29, 1.82) is 0 Å². The van der Waals surface area contributed by atoms with Gasteiger partial charge in [-0.2, -0.15) is 9.45 Å². The van der Waals surface area contributed by atoms with Crippen LogP contribution in [0.3, 0.4) is 0 Å². The van der Waals surface area contributed by atoms with E-state index in [2.05, 4.69) is 24.9 Å². The second-order valence-corrected chi connectivity index (χ2v) is 9.29. The number of anilines is 1. The number of hydrogen-bond acceptors (Lipinski definition) is 11. The van der Waals surface area contributed by atoms with Gasteiger partial charge >= 0.3 is 37.7 Å². The molecule has 0 bridgehead atoms. The third-order valence-corrected chi connectivity index (χ3v) is 6.30. The molecule has 4 rings (SSSR count). The number of rotatable bonds is 8. The maximum Gasteiger partial charge on any atom is 1.00 e. The van der Waals surface area contributed by atoms with Crippen molar-refractivity contribution in [2.75, 3.05) is 5.32 Å². The second kappa shape index (κ2) is 13.9. The quantitative estimate of drug-likeness (QED) is 0.0665. The Morgan fingerprint density at radius 2 is 1.58 bits per heavy atom. The van der Waals surface area contributed by atoms with Crippen molar-refractivity contribution in [2.24, 2.45) is 10.2 Å². The number of phenolic OH excluding ortho intramolecular Hbond substituents is 1. The van der Waals surface area contributed by atoms with E-state index >= 15 is 0 Å². The molecule has 0 atom stereocenters. The maximum atomic E-state index is 12.8. The van der Waals surface area contributed by atoms with E-state index in [1.54, 1.807) is 48.5 Å². The zero-order chi connectivity index (χ0) is 25.7. The van der Waals surface area contributed by atoms with E-state index in [0.29, 0.717) is 17.7 Å². The first-order chi connectivity index (χ1) is 17.3. The van der Waals surface area contributed by atoms with E-state index in [-0.39, 0.29) is 70.3 Å². The van der Waals surface area contributed by atoms with Gasteiger partial charge in [0.05, 0.1) is 33.2 Å². The summed E-state index contributed by atoms with van der Waals surface area (Å²) in [4.78, 5) is 12.1. The Morgan fingerprint density at radius 1 is 0.947 bits per heavy atom. The van der Waals surface area contributed by atoms with Crippen molar-refractivity contribution < 1.29 is 75.2 Å². The molecule has 0 aliphatic carbocycles. The number of phenols is 1. The average Bonchev–Trinajstić information content (AvgIpc) is 2.87. The number of fused-ring (bicyclic) bond motifs is 1. The zero-order valence-electron chi connectivity index (χ0n) is 20.0. The molecule has 184 valence electrons. The molecule has 4 aromatic carbocycles. The molecule has 0 saturated carbocycles. The number of benzene rings is 4. The van der Waals surface area contributed by atoms with Crippen LogP contribution < -0.4 is 48.3 Å². The molecule has 0 aliphatic heterocycles. The van der Waals surface area contributed by atoms with Crippen LogP contribution in [0.25, 0.3) is 10.8 Å². The molecular weight excluding hydrogens is 524 g/mol. The molecule has 0 aliphatic rings.